The van der Waals surface area contributed by atoms with Gasteiger partial charge in [0, 0.05) is 11.7 Å². The van der Waals surface area contributed by atoms with Gasteiger partial charge in [0.15, 0.2) is 0 Å². The third-order valence-corrected chi connectivity index (χ3v) is 1.85. The highest BCUT2D eigenvalue weighted by Gasteiger charge is 2.02. The Bertz CT molecular complexity index is 107. The zero-order chi connectivity index (χ0) is 8.69. The standard InChI is InChI=1S/C10H21N/c1-5-7-8-10(6-2)11-9(3)4/h10-11H,3,5-8H2,1-2,4H3. The molecule has 0 rings (SSSR count). The van der Waals surface area contributed by atoms with Gasteiger partial charge in [-0.15, -0.1) is 0 Å². The SMILES string of the molecule is C=C(C)NC(CC)CCCC. The minimum absolute atomic E-state index is 0.646. The van der Waals surface area contributed by atoms with Gasteiger partial charge in [-0.05, 0) is 19.8 Å². The third kappa shape index (κ3) is 5.96. The topological polar surface area (TPSA) is 12.0 Å². The van der Waals surface area contributed by atoms with E-state index in [2.05, 4.69) is 25.7 Å². The predicted molar refractivity (Wildman–Crippen MR) is 51.6 cm³/mol. The van der Waals surface area contributed by atoms with Gasteiger partial charge in [0.25, 0.3) is 0 Å². The maximum Gasteiger partial charge on any atom is 0.0255 e. The lowest BCUT2D eigenvalue weighted by Gasteiger charge is -2.17. The van der Waals surface area contributed by atoms with Gasteiger partial charge in [-0.1, -0.05) is 33.3 Å². The second kappa shape index (κ2) is 6.26. The second-order valence-corrected chi connectivity index (χ2v) is 3.17. The van der Waals surface area contributed by atoms with Crippen molar-refractivity contribution in [2.24, 2.45) is 0 Å². The Labute approximate surface area is 70.9 Å². The molecule has 1 nitrogen and oxygen atoms in total. The van der Waals surface area contributed by atoms with E-state index in [1.54, 1.807) is 0 Å². The first-order valence-electron chi connectivity index (χ1n) is 4.62. The molecule has 0 saturated carbocycles. The molecule has 0 aromatic carbocycles. The summed E-state index contributed by atoms with van der Waals surface area (Å²) < 4.78 is 0. The van der Waals surface area contributed by atoms with E-state index >= 15 is 0 Å². The first-order valence-corrected chi connectivity index (χ1v) is 4.62. The van der Waals surface area contributed by atoms with E-state index in [1.807, 2.05) is 6.92 Å². The fourth-order valence-corrected chi connectivity index (χ4v) is 1.18. The van der Waals surface area contributed by atoms with E-state index in [0.29, 0.717) is 6.04 Å². The van der Waals surface area contributed by atoms with Crippen molar-refractivity contribution in [2.45, 2.75) is 52.5 Å². The highest BCUT2D eigenvalue weighted by molar-refractivity contribution is 4.87. The zero-order valence-corrected chi connectivity index (χ0v) is 8.11. The van der Waals surface area contributed by atoms with Crippen molar-refractivity contribution >= 4 is 0 Å². The molecule has 0 aromatic rings. The molecule has 0 aliphatic carbocycles. The fourth-order valence-electron chi connectivity index (χ4n) is 1.18. The van der Waals surface area contributed by atoms with Gasteiger partial charge in [-0.3, -0.25) is 0 Å². The van der Waals surface area contributed by atoms with Crippen LogP contribution in [0.1, 0.15) is 46.5 Å². The van der Waals surface area contributed by atoms with Crippen LogP contribution in [0.25, 0.3) is 0 Å². The van der Waals surface area contributed by atoms with Gasteiger partial charge in [0.05, 0.1) is 0 Å². The van der Waals surface area contributed by atoms with Crippen molar-refractivity contribution in [1.29, 1.82) is 0 Å². The van der Waals surface area contributed by atoms with Crippen LogP contribution in [-0.4, -0.2) is 6.04 Å². The molecule has 0 heterocycles. The lowest BCUT2D eigenvalue weighted by molar-refractivity contribution is 0.492. The predicted octanol–water partition coefficient (Wildman–Crippen LogP) is 3.08. The Morgan fingerprint density at radius 1 is 1.45 bits per heavy atom. The Kier molecular flexibility index (Phi) is 6.00. The molecule has 11 heavy (non-hydrogen) atoms. The normalized spacial score (nSPS) is 12.6. The minimum Gasteiger partial charge on any atom is -0.386 e. The molecule has 66 valence electrons. The lowest BCUT2D eigenvalue weighted by Crippen LogP contribution is -2.26. The summed E-state index contributed by atoms with van der Waals surface area (Å²) in [5.41, 5.74) is 1.09. The number of hydrogen-bond donors (Lipinski definition) is 1. The Morgan fingerprint density at radius 2 is 2.09 bits per heavy atom. The van der Waals surface area contributed by atoms with Gasteiger partial charge in [-0.2, -0.15) is 0 Å². The van der Waals surface area contributed by atoms with Crippen LogP contribution in [0.2, 0.25) is 0 Å². The van der Waals surface area contributed by atoms with E-state index in [9.17, 15) is 0 Å². The number of nitrogens with one attached hydrogen (secondary N) is 1. The minimum atomic E-state index is 0.646. The number of hydrogen-bond acceptors (Lipinski definition) is 1. The summed E-state index contributed by atoms with van der Waals surface area (Å²) in [7, 11) is 0. The average Bonchev–Trinajstić information content (AvgIpc) is 1.97. The number of rotatable bonds is 6. The quantitative estimate of drug-likeness (QED) is 0.621. The van der Waals surface area contributed by atoms with E-state index in [-0.39, 0.29) is 0 Å². The molecular formula is C10H21N. The second-order valence-electron chi connectivity index (χ2n) is 3.17. The van der Waals surface area contributed by atoms with Crippen LogP contribution < -0.4 is 5.32 Å². The van der Waals surface area contributed by atoms with Gasteiger partial charge < -0.3 is 5.32 Å². The monoisotopic (exact) mass is 155 g/mol. The molecule has 0 radical (unpaired) electrons. The van der Waals surface area contributed by atoms with Crippen LogP contribution >= 0.6 is 0 Å². The summed E-state index contributed by atoms with van der Waals surface area (Å²) in [4.78, 5) is 0. The van der Waals surface area contributed by atoms with Crippen molar-refractivity contribution in [2.75, 3.05) is 0 Å². The van der Waals surface area contributed by atoms with Crippen LogP contribution in [0, 0.1) is 0 Å². The molecule has 1 heteroatoms. The molecule has 0 fully saturated rings. The van der Waals surface area contributed by atoms with Crippen molar-refractivity contribution in [3.8, 4) is 0 Å². The van der Waals surface area contributed by atoms with E-state index in [0.717, 1.165) is 5.70 Å². The van der Waals surface area contributed by atoms with Crippen LogP contribution in [0.3, 0.4) is 0 Å². The smallest absolute Gasteiger partial charge is 0.0255 e. The molecule has 0 aliphatic heterocycles. The Morgan fingerprint density at radius 3 is 2.45 bits per heavy atom. The molecule has 1 N–H and O–H groups in total. The van der Waals surface area contributed by atoms with Crippen LogP contribution in [0.4, 0.5) is 0 Å². The maximum absolute atomic E-state index is 3.84. The molecule has 0 saturated heterocycles. The first-order chi connectivity index (χ1) is 5.20. The van der Waals surface area contributed by atoms with Crippen molar-refractivity contribution < 1.29 is 0 Å². The Hall–Kier alpha value is -0.460. The molecular weight excluding hydrogens is 134 g/mol. The highest BCUT2D eigenvalue weighted by atomic mass is 14.9. The summed E-state index contributed by atoms with van der Waals surface area (Å²) >= 11 is 0. The maximum atomic E-state index is 3.84. The van der Waals surface area contributed by atoms with E-state index in [4.69, 9.17) is 0 Å². The fraction of sp³-hybridized carbons (Fsp3) is 0.800. The summed E-state index contributed by atoms with van der Waals surface area (Å²) in [5.74, 6) is 0. The number of unbranched alkanes of at least 4 members (excludes halogenated alkanes) is 1. The number of allylic oxidation sites excluding steroid dienone is 1. The van der Waals surface area contributed by atoms with E-state index < -0.39 is 0 Å². The molecule has 1 unspecified atom stereocenters. The van der Waals surface area contributed by atoms with Gasteiger partial charge in [0.1, 0.15) is 0 Å². The third-order valence-electron chi connectivity index (χ3n) is 1.85. The van der Waals surface area contributed by atoms with Crippen molar-refractivity contribution in [3.63, 3.8) is 0 Å². The van der Waals surface area contributed by atoms with Gasteiger partial charge in [0.2, 0.25) is 0 Å². The van der Waals surface area contributed by atoms with E-state index in [1.165, 1.54) is 25.7 Å². The highest BCUT2D eigenvalue weighted by Crippen LogP contribution is 2.04. The van der Waals surface area contributed by atoms with Gasteiger partial charge in [-0.25, -0.2) is 0 Å². The molecule has 0 bridgehead atoms. The largest absolute Gasteiger partial charge is 0.386 e. The molecule has 0 aliphatic rings. The van der Waals surface area contributed by atoms with Gasteiger partial charge >= 0.3 is 0 Å². The summed E-state index contributed by atoms with van der Waals surface area (Å²) in [6.07, 6.45) is 5.08. The first kappa shape index (κ1) is 10.5. The zero-order valence-electron chi connectivity index (χ0n) is 8.11. The molecule has 0 spiro atoms. The van der Waals surface area contributed by atoms with Crippen LogP contribution in [-0.2, 0) is 0 Å². The van der Waals surface area contributed by atoms with Crippen molar-refractivity contribution in [3.05, 3.63) is 12.3 Å². The molecule has 0 amide bonds. The summed E-state index contributed by atoms with van der Waals surface area (Å²) in [6.45, 7) is 10.3. The molecule has 0 aromatic heterocycles. The van der Waals surface area contributed by atoms with Crippen molar-refractivity contribution in [1.82, 2.24) is 5.32 Å². The Balaban J connectivity index is 3.49. The lowest BCUT2D eigenvalue weighted by atomic mass is 10.1. The van der Waals surface area contributed by atoms with Crippen LogP contribution in [0.15, 0.2) is 12.3 Å². The summed E-state index contributed by atoms with van der Waals surface area (Å²) in [6, 6.07) is 0.646. The molecule has 1 atom stereocenters. The summed E-state index contributed by atoms with van der Waals surface area (Å²) in [5, 5.41) is 3.37. The average molecular weight is 155 g/mol. The van der Waals surface area contributed by atoms with Crippen LogP contribution in [0.5, 0.6) is 0 Å².